The SMILES string of the molecule is COc1ncnc(NC2CCC(=O)NC2=O)c1N. The Morgan fingerprint density at radius 2 is 2.28 bits per heavy atom. The number of anilines is 2. The van der Waals surface area contributed by atoms with Crippen LogP contribution >= 0.6 is 0 Å². The summed E-state index contributed by atoms with van der Waals surface area (Å²) in [5.74, 6) is -0.106. The number of carbonyl (C=O) groups is 2. The van der Waals surface area contributed by atoms with E-state index in [4.69, 9.17) is 10.5 Å². The molecule has 0 aromatic carbocycles. The summed E-state index contributed by atoms with van der Waals surface area (Å²) in [6.07, 6.45) is 1.96. The Hall–Kier alpha value is -2.38. The average Bonchev–Trinajstić information content (AvgIpc) is 2.35. The van der Waals surface area contributed by atoms with Crippen LogP contribution < -0.4 is 21.1 Å². The number of nitrogen functional groups attached to an aromatic ring is 1. The summed E-state index contributed by atoms with van der Waals surface area (Å²) >= 11 is 0. The number of hydrogen-bond donors (Lipinski definition) is 3. The van der Waals surface area contributed by atoms with Crippen molar-refractivity contribution < 1.29 is 14.3 Å². The Morgan fingerprint density at radius 1 is 1.50 bits per heavy atom. The normalized spacial score (nSPS) is 19.3. The van der Waals surface area contributed by atoms with E-state index in [2.05, 4.69) is 20.6 Å². The summed E-state index contributed by atoms with van der Waals surface area (Å²) < 4.78 is 4.95. The van der Waals surface area contributed by atoms with Gasteiger partial charge in [0.05, 0.1) is 7.11 Å². The van der Waals surface area contributed by atoms with Crippen molar-refractivity contribution in [2.24, 2.45) is 0 Å². The van der Waals surface area contributed by atoms with Gasteiger partial charge < -0.3 is 15.8 Å². The molecule has 8 heteroatoms. The fraction of sp³-hybridized carbons (Fsp3) is 0.400. The maximum Gasteiger partial charge on any atom is 0.249 e. The molecule has 0 bridgehead atoms. The number of methoxy groups -OCH3 is 1. The molecular weight excluding hydrogens is 238 g/mol. The van der Waals surface area contributed by atoms with Gasteiger partial charge >= 0.3 is 0 Å². The average molecular weight is 251 g/mol. The Labute approximate surface area is 103 Å². The molecule has 18 heavy (non-hydrogen) atoms. The molecule has 96 valence electrons. The third-order valence-corrected chi connectivity index (χ3v) is 2.59. The number of aromatic nitrogens is 2. The highest BCUT2D eigenvalue weighted by Crippen LogP contribution is 2.25. The molecule has 1 aliphatic heterocycles. The van der Waals surface area contributed by atoms with Crippen molar-refractivity contribution in [2.75, 3.05) is 18.2 Å². The number of carbonyl (C=O) groups excluding carboxylic acids is 2. The first kappa shape index (κ1) is 12.1. The van der Waals surface area contributed by atoms with E-state index in [9.17, 15) is 9.59 Å². The summed E-state index contributed by atoms with van der Waals surface area (Å²) in [6, 6.07) is -0.537. The lowest BCUT2D eigenvalue weighted by Crippen LogP contribution is -2.47. The number of rotatable bonds is 3. The Bertz CT molecular complexity index is 490. The summed E-state index contributed by atoms with van der Waals surface area (Å²) in [7, 11) is 1.44. The van der Waals surface area contributed by atoms with Crippen molar-refractivity contribution in [1.29, 1.82) is 0 Å². The highest BCUT2D eigenvalue weighted by molar-refractivity contribution is 6.01. The second-order valence-electron chi connectivity index (χ2n) is 3.79. The van der Waals surface area contributed by atoms with Gasteiger partial charge in [-0.15, -0.1) is 0 Å². The van der Waals surface area contributed by atoms with Crippen molar-refractivity contribution >= 4 is 23.3 Å². The molecule has 1 unspecified atom stereocenters. The van der Waals surface area contributed by atoms with Gasteiger partial charge in [0.25, 0.3) is 0 Å². The highest BCUT2D eigenvalue weighted by atomic mass is 16.5. The van der Waals surface area contributed by atoms with Crippen LogP contribution in [-0.4, -0.2) is 34.9 Å². The van der Waals surface area contributed by atoms with Gasteiger partial charge in [-0.05, 0) is 6.42 Å². The molecule has 1 fully saturated rings. The van der Waals surface area contributed by atoms with E-state index in [1.54, 1.807) is 0 Å². The predicted molar refractivity (Wildman–Crippen MR) is 62.8 cm³/mol. The monoisotopic (exact) mass is 251 g/mol. The van der Waals surface area contributed by atoms with Gasteiger partial charge in [-0.1, -0.05) is 0 Å². The van der Waals surface area contributed by atoms with Crippen LogP contribution in [0.1, 0.15) is 12.8 Å². The summed E-state index contributed by atoms with van der Waals surface area (Å²) in [6.45, 7) is 0. The van der Waals surface area contributed by atoms with Crippen LogP contribution in [0.3, 0.4) is 0 Å². The van der Waals surface area contributed by atoms with E-state index in [-0.39, 0.29) is 29.8 Å². The van der Waals surface area contributed by atoms with Crippen LogP contribution in [0.2, 0.25) is 0 Å². The third-order valence-electron chi connectivity index (χ3n) is 2.59. The molecule has 2 amide bonds. The number of ether oxygens (including phenoxy) is 1. The zero-order valence-electron chi connectivity index (χ0n) is 9.77. The number of nitrogens with one attached hydrogen (secondary N) is 2. The second kappa shape index (κ2) is 4.86. The molecule has 0 spiro atoms. The van der Waals surface area contributed by atoms with Crippen LogP contribution in [0.5, 0.6) is 5.88 Å². The predicted octanol–water partition coefficient (Wildman–Crippen LogP) is -0.715. The van der Waals surface area contributed by atoms with Gasteiger partial charge in [0.1, 0.15) is 18.1 Å². The Morgan fingerprint density at radius 3 is 2.94 bits per heavy atom. The smallest absolute Gasteiger partial charge is 0.249 e. The number of amides is 2. The Balaban J connectivity index is 2.14. The topological polar surface area (TPSA) is 119 Å². The van der Waals surface area contributed by atoms with Crippen LogP contribution in [0.25, 0.3) is 0 Å². The second-order valence-corrected chi connectivity index (χ2v) is 3.79. The van der Waals surface area contributed by atoms with Gasteiger partial charge in [-0.2, -0.15) is 4.98 Å². The number of hydrogen-bond acceptors (Lipinski definition) is 7. The maximum absolute atomic E-state index is 11.6. The van der Waals surface area contributed by atoms with E-state index < -0.39 is 6.04 Å². The zero-order chi connectivity index (χ0) is 13.1. The van der Waals surface area contributed by atoms with Gasteiger partial charge in [-0.25, -0.2) is 4.98 Å². The van der Waals surface area contributed by atoms with E-state index >= 15 is 0 Å². The van der Waals surface area contributed by atoms with Gasteiger partial charge in [-0.3, -0.25) is 14.9 Å². The Kier molecular flexibility index (Phi) is 3.26. The standard InChI is InChI=1S/C10H13N5O3/c1-18-10-7(11)8(12-4-13-10)14-5-2-3-6(16)15-9(5)17/h4-5H,2-3,11H2,1H3,(H,12,13,14)(H,15,16,17). The highest BCUT2D eigenvalue weighted by Gasteiger charge is 2.27. The first-order chi connectivity index (χ1) is 8.61. The molecule has 1 aliphatic rings. The summed E-state index contributed by atoms with van der Waals surface area (Å²) in [5.41, 5.74) is 6.00. The molecule has 1 atom stereocenters. The molecule has 8 nitrogen and oxygen atoms in total. The fourth-order valence-corrected chi connectivity index (χ4v) is 1.65. The minimum atomic E-state index is -0.537. The first-order valence-corrected chi connectivity index (χ1v) is 5.36. The van der Waals surface area contributed by atoms with Crippen molar-refractivity contribution in [2.45, 2.75) is 18.9 Å². The van der Waals surface area contributed by atoms with E-state index in [0.717, 1.165) is 0 Å². The van der Waals surface area contributed by atoms with Gasteiger partial charge in [0, 0.05) is 6.42 Å². The zero-order valence-corrected chi connectivity index (χ0v) is 9.77. The largest absolute Gasteiger partial charge is 0.479 e. The number of piperidine rings is 1. The van der Waals surface area contributed by atoms with E-state index in [0.29, 0.717) is 12.2 Å². The molecule has 4 N–H and O–H groups in total. The lowest BCUT2D eigenvalue weighted by atomic mass is 10.1. The van der Waals surface area contributed by atoms with Crippen LogP contribution in [-0.2, 0) is 9.59 Å². The van der Waals surface area contributed by atoms with Crippen molar-refractivity contribution in [3.63, 3.8) is 0 Å². The molecule has 2 rings (SSSR count). The summed E-state index contributed by atoms with van der Waals surface area (Å²) in [4.78, 5) is 30.3. The van der Waals surface area contributed by atoms with Crippen molar-refractivity contribution in [1.82, 2.24) is 15.3 Å². The minimum absolute atomic E-state index is 0.227. The number of nitrogens with zero attached hydrogens (tertiary/aromatic N) is 2. The van der Waals surface area contributed by atoms with Crippen LogP contribution in [0.4, 0.5) is 11.5 Å². The van der Waals surface area contributed by atoms with Crippen LogP contribution in [0.15, 0.2) is 6.33 Å². The quantitative estimate of drug-likeness (QED) is 0.607. The molecule has 0 radical (unpaired) electrons. The van der Waals surface area contributed by atoms with Crippen LogP contribution in [0, 0.1) is 0 Å². The minimum Gasteiger partial charge on any atom is -0.479 e. The van der Waals surface area contributed by atoms with Gasteiger partial charge in [0.15, 0.2) is 5.82 Å². The molecule has 0 aliphatic carbocycles. The molecular formula is C10H13N5O3. The van der Waals surface area contributed by atoms with E-state index in [1.807, 2.05) is 0 Å². The number of nitrogens with two attached hydrogens (primary N) is 1. The number of imide groups is 1. The first-order valence-electron chi connectivity index (χ1n) is 5.36. The molecule has 0 saturated carbocycles. The molecule has 1 aromatic rings. The maximum atomic E-state index is 11.6. The molecule has 1 aromatic heterocycles. The molecule has 1 saturated heterocycles. The third kappa shape index (κ3) is 2.31. The van der Waals surface area contributed by atoms with Crippen molar-refractivity contribution in [3.05, 3.63) is 6.33 Å². The summed E-state index contributed by atoms with van der Waals surface area (Å²) in [5, 5.41) is 5.12. The van der Waals surface area contributed by atoms with E-state index in [1.165, 1.54) is 13.4 Å². The van der Waals surface area contributed by atoms with Crippen molar-refractivity contribution in [3.8, 4) is 5.88 Å². The molecule has 2 heterocycles. The fourth-order valence-electron chi connectivity index (χ4n) is 1.65. The van der Waals surface area contributed by atoms with Gasteiger partial charge in [0.2, 0.25) is 17.7 Å². The lowest BCUT2D eigenvalue weighted by Gasteiger charge is -2.22. The lowest BCUT2D eigenvalue weighted by molar-refractivity contribution is -0.133.